The number of piperazine rings is 1. The number of aromatic amines is 1. The van der Waals surface area contributed by atoms with E-state index in [-0.39, 0.29) is 18.4 Å². The molecule has 1 aliphatic heterocycles. The zero-order valence-corrected chi connectivity index (χ0v) is 12.3. The van der Waals surface area contributed by atoms with Crippen molar-refractivity contribution in [1.29, 1.82) is 0 Å². The predicted octanol–water partition coefficient (Wildman–Crippen LogP) is 0.599. The molecule has 1 unspecified atom stereocenters. The number of nitrogens with zero attached hydrogens (tertiary/aromatic N) is 2. The van der Waals surface area contributed by atoms with Gasteiger partial charge in [-0.15, -0.1) is 0 Å². The van der Waals surface area contributed by atoms with Crippen LogP contribution >= 0.6 is 0 Å². The molecule has 1 fully saturated rings. The number of carbonyl (C=O) groups is 2. The van der Waals surface area contributed by atoms with Crippen LogP contribution in [0.5, 0.6) is 0 Å². The van der Waals surface area contributed by atoms with Crippen molar-refractivity contribution in [3.05, 3.63) is 30.1 Å². The number of fused-ring (bicyclic) bond motifs is 1. The van der Waals surface area contributed by atoms with Crippen LogP contribution in [-0.4, -0.2) is 53.5 Å². The van der Waals surface area contributed by atoms with Crippen LogP contribution in [-0.2, 0) is 14.3 Å². The van der Waals surface area contributed by atoms with Gasteiger partial charge in [0, 0.05) is 19.6 Å². The van der Waals surface area contributed by atoms with E-state index in [0.29, 0.717) is 19.6 Å². The van der Waals surface area contributed by atoms with Crippen LogP contribution in [0.4, 0.5) is 0 Å². The second kappa shape index (κ2) is 6.15. The molecule has 0 aliphatic carbocycles. The summed E-state index contributed by atoms with van der Waals surface area (Å²) in [6.07, 6.45) is -0.243. The molecule has 1 aromatic heterocycles. The number of hydrogen-bond donors (Lipinski definition) is 2. The average Bonchev–Trinajstić information content (AvgIpc) is 2.98. The van der Waals surface area contributed by atoms with Crippen LogP contribution < -0.4 is 5.32 Å². The summed E-state index contributed by atoms with van der Waals surface area (Å²) in [5, 5.41) is 3.26. The molecular formula is C15H18N4O3. The minimum atomic E-state index is -0.521. The number of para-hydroxylation sites is 2. The van der Waals surface area contributed by atoms with Crippen molar-refractivity contribution < 1.29 is 14.3 Å². The highest BCUT2D eigenvalue weighted by molar-refractivity contribution is 5.94. The first-order valence-corrected chi connectivity index (χ1v) is 7.20. The molecule has 0 bridgehead atoms. The molecule has 7 nitrogen and oxygen atoms in total. The first-order valence-electron chi connectivity index (χ1n) is 7.20. The largest absolute Gasteiger partial charge is 0.469 e. The number of ether oxygens (including phenoxy) is 1. The lowest BCUT2D eigenvalue weighted by Gasteiger charge is -2.34. The quantitative estimate of drug-likeness (QED) is 0.640. The molecule has 1 saturated heterocycles. The monoisotopic (exact) mass is 302 g/mol. The Morgan fingerprint density at radius 2 is 2.23 bits per heavy atom. The standard InChI is InChI=1S/C15H18N4O3/c1-22-14(21)8-13(20)19-7-6-16-9-12(19)15-17-10-4-2-3-5-11(10)18-15/h2-5,12,16H,6-9H2,1H3,(H,17,18). The van der Waals surface area contributed by atoms with Crippen molar-refractivity contribution in [2.75, 3.05) is 26.7 Å². The van der Waals surface area contributed by atoms with Gasteiger partial charge in [-0.2, -0.15) is 0 Å². The topological polar surface area (TPSA) is 87.3 Å². The fraction of sp³-hybridized carbons (Fsp3) is 0.400. The Morgan fingerprint density at radius 1 is 1.41 bits per heavy atom. The highest BCUT2D eigenvalue weighted by Gasteiger charge is 2.31. The van der Waals surface area contributed by atoms with Gasteiger partial charge in [0.2, 0.25) is 5.91 Å². The summed E-state index contributed by atoms with van der Waals surface area (Å²) in [6, 6.07) is 7.52. The number of rotatable bonds is 3. The summed E-state index contributed by atoms with van der Waals surface area (Å²) >= 11 is 0. The number of aromatic nitrogens is 2. The molecule has 1 aromatic carbocycles. The van der Waals surface area contributed by atoms with Crippen molar-refractivity contribution >= 4 is 22.9 Å². The smallest absolute Gasteiger partial charge is 0.315 e. The van der Waals surface area contributed by atoms with Crippen LogP contribution in [0.3, 0.4) is 0 Å². The second-order valence-corrected chi connectivity index (χ2v) is 5.20. The Morgan fingerprint density at radius 3 is 3.00 bits per heavy atom. The molecule has 1 aliphatic rings. The lowest BCUT2D eigenvalue weighted by molar-refractivity contribution is -0.148. The average molecular weight is 302 g/mol. The van der Waals surface area contributed by atoms with Gasteiger partial charge in [0.25, 0.3) is 0 Å². The fourth-order valence-electron chi connectivity index (χ4n) is 2.67. The van der Waals surface area contributed by atoms with Crippen LogP contribution in [0.2, 0.25) is 0 Å². The van der Waals surface area contributed by atoms with Gasteiger partial charge in [-0.1, -0.05) is 12.1 Å². The molecule has 116 valence electrons. The Hall–Kier alpha value is -2.41. The van der Waals surface area contributed by atoms with Gasteiger partial charge in [0.15, 0.2) is 0 Å². The third-order valence-electron chi connectivity index (χ3n) is 3.81. The maximum absolute atomic E-state index is 12.3. The maximum atomic E-state index is 12.3. The molecule has 7 heteroatoms. The van der Waals surface area contributed by atoms with Crippen molar-refractivity contribution in [3.8, 4) is 0 Å². The van der Waals surface area contributed by atoms with Gasteiger partial charge in [0.1, 0.15) is 18.3 Å². The summed E-state index contributed by atoms with van der Waals surface area (Å²) in [7, 11) is 1.28. The molecule has 1 amide bonds. The Kier molecular flexibility index (Phi) is 4.06. The number of amides is 1. The first kappa shape index (κ1) is 14.5. The third kappa shape index (κ3) is 2.80. The van der Waals surface area contributed by atoms with Gasteiger partial charge in [-0.05, 0) is 12.1 Å². The van der Waals surface area contributed by atoms with Gasteiger partial charge in [-0.3, -0.25) is 9.59 Å². The van der Waals surface area contributed by atoms with Crippen molar-refractivity contribution in [3.63, 3.8) is 0 Å². The zero-order valence-electron chi connectivity index (χ0n) is 12.3. The van der Waals surface area contributed by atoms with E-state index in [9.17, 15) is 9.59 Å². The molecular weight excluding hydrogens is 284 g/mol. The summed E-state index contributed by atoms with van der Waals surface area (Å²) in [5.74, 6) is -0.0303. The lowest BCUT2D eigenvalue weighted by Crippen LogP contribution is -2.49. The van der Waals surface area contributed by atoms with E-state index in [1.807, 2.05) is 24.3 Å². The summed E-state index contributed by atoms with van der Waals surface area (Å²) < 4.78 is 4.58. The number of H-pyrrole nitrogens is 1. The SMILES string of the molecule is COC(=O)CC(=O)N1CCNCC1c1nc2ccccc2[nH]1. The normalized spacial score (nSPS) is 18.4. The van der Waals surface area contributed by atoms with Crippen LogP contribution in [0, 0.1) is 0 Å². The number of nitrogens with one attached hydrogen (secondary N) is 2. The van der Waals surface area contributed by atoms with Crippen LogP contribution in [0.25, 0.3) is 11.0 Å². The first-order chi connectivity index (χ1) is 10.7. The fourth-order valence-corrected chi connectivity index (χ4v) is 2.67. The third-order valence-corrected chi connectivity index (χ3v) is 3.81. The van der Waals surface area contributed by atoms with E-state index in [1.165, 1.54) is 7.11 Å². The molecule has 2 N–H and O–H groups in total. The zero-order chi connectivity index (χ0) is 15.5. The number of benzene rings is 1. The molecule has 2 aromatic rings. The predicted molar refractivity (Wildman–Crippen MR) is 80.1 cm³/mol. The number of imidazole rings is 1. The molecule has 0 spiro atoms. The Labute approximate surface area is 127 Å². The van der Waals surface area contributed by atoms with Crippen LogP contribution in [0.1, 0.15) is 18.3 Å². The number of methoxy groups -OCH3 is 1. The number of hydrogen-bond acceptors (Lipinski definition) is 5. The van der Waals surface area contributed by atoms with E-state index >= 15 is 0 Å². The summed E-state index contributed by atoms with van der Waals surface area (Å²) in [5.41, 5.74) is 1.80. The van der Waals surface area contributed by atoms with Crippen molar-refractivity contribution in [1.82, 2.24) is 20.2 Å². The molecule has 1 atom stereocenters. The molecule has 3 rings (SSSR count). The van der Waals surface area contributed by atoms with Gasteiger partial charge in [0.05, 0.1) is 18.1 Å². The number of carbonyl (C=O) groups excluding carboxylic acids is 2. The maximum Gasteiger partial charge on any atom is 0.315 e. The molecule has 0 saturated carbocycles. The minimum absolute atomic E-state index is 0.210. The Bertz CT molecular complexity index is 664. The number of esters is 1. The van der Waals surface area contributed by atoms with Crippen molar-refractivity contribution in [2.45, 2.75) is 12.5 Å². The molecule has 2 heterocycles. The highest BCUT2D eigenvalue weighted by atomic mass is 16.5. The molecule has 0 radical (unpaired) electrons. The van der Waals surface area contributed by atoms with E-state index in [1.54, 1.807) is 4.90 Å². The van der Waals surface area contributed by atoms with E-state index in [4.69, 9.17) is 0 Å². The van der Waals surface area contributed by atoms with Gasteiger partial charge < -0.3 is 19.9 Å². The Balaban J connectivity index is 1.85. The van der Waals surface area contributed by atoms with Gasteiger partial charge in [-0.25, -0.2) is 4.98 Å². The van der Waals surface area contributed by atoms with Crippen LogP contribution in [0.15, 0.2) is 24.3 Å². The minimum Gasteiger partial charge on any atom is -0.469 e. The van der Waals surface area contributed by atoms with E-state index in [0.717, 1.165) is 16.9 Å². The van der Waals surface area contributed by atoms with E-state index in [2.05, 4.69) is 20.0 Å². The van der Waals surface area contributed by atoms with E-state index < -0.39 is 5.97 Å². The van der Waals surface area contributed by atoms with Gasteiger partial charge >= 0.3 is 5.97 Å². The summed E-state index contributed by atoms with van der Waals surface area (Å²) in [6.45, 7) is 1.84. The highest BCUT2D eigenvalue weighted by Crippen LogP contribution is 2.23. The van der Waals surface area contributed by atoms with Crippen molar-refractivity contribution in [2.24, 2.45) is 0 Å². The second-order valence-electron chi connectivity index (χ2n) is 5.20. The lowest BCUT2D eigenvalue weighted by atomic mass is 10.1. The molecule has 22 heavy (non-hydrogen) atoms. The summed E-state index contributed by atoms with van der Waals surface area (Å²) in [4.78, 5) is 33.2.